The van der Waals surface area contributed by atoms with Crippen molar-refractivity contribution in [2.24, 2.45) is 5.92 Å². The molecule has 0 aliphatic carbocycles. The number of halogens is 1. The van der Waals surface area contributed by atoms with E-state index in [0.717, 1.165) is 34.3 Å². The molecule has 1 N–H and O–H groups in total. The van der Waals surface area contributed by atoms with Crippen LogP contribution in [0.25, 0.3) is 11.0 Å². The maximum Gasteiger partial charge on any atom is 0.251 e. The van der Waals surface area contributed by atoms with Crippen LogP contribution in [-0.2, 0) is 0 Å². The third kappa shape index (κ3) is 2.68. The number of nitrogens with zero attached hydrogens (tertiary/aromatic N) is 1. The predicted molar refractivity (Wildman–Crippen MR) is 88.9 cm³/mol. The average Bonchev–Trinajstić information content (AvgIpc) is 2.70. The first-order valence-electron chi connectivity index (χ1n) is 7.89. The van der Waals surface area contributed by atoms with Gasteiger partial charge in [-0.15, -0.1) is 0 Å². The molecule has 3 fully saturated rings. The molecule has 3 aliphatic heterocycles. The van der Waals surface area contributed by atoms with Crippen molar-refractivity contribution in [2.45, 2.75) is 25.3 Å². The zero-order chi connectivity index (χ0) is 15.1. The molecular formula is C17H19BrN2O2. The molecule has 2 bridgehead atoms. The number of amides is 1. The van der Waals surface area contributed by atoms with Crippen LogP contribution in [0.2, 0.25) is 0 Å². The highest BCUT2D eigenvalue weighted by atomic mass is 79.9. The van der Waals surface area contributed by atoms with E-state index in [2.05, 4.69) is 26.1 Å². The Kier molecular flexibility index (Phi) is 3.70. The molecule has 0 saturated carbocycles. The van der Waals surface area contributed by atoms with Crippen LogP contribution >= 0.6 is 15.9 Å². The van der Waals surface area contributed by atoms with Crippen LogP contribution in [-0.4, -0.2) is 36.5 Å². The Bertz CT molecular complexity index is 690. The second-order valence-corrected chi connectivity index (χ2v) is 7.30. The van der Waals surface area contributed by atoms with Crippen molar-refractivity contribution in [2.75, 3.05) is 19.6 Å². The van der Waals surface area contributed by atoms with Crippen LogP contribution in [0, 0.1) is 5.92 Å². The quantitative estimate of drug-likeness (QED) is 0.890. The Morgan fingerprint density at radius 2 is 2.14 bits per heavy atom. The van der Waals surface area contributed by atoms with Gasteiger partial charge in [0, 0.05) is 23.5 Å². The third-order valence-corrected chi connectivity index (χ3v) is 5.54. The lowest BCUT2D eigenvalue weighted by Gasteiger charge is -2.26. The Morgan fingerprint density at radius 1 is 1.32 bits per heavy atom. The molecular weight excluding hydrogens is 344 g/mol. The van der Waals surface area contributed by atoms with E-state index in [-0.39, 0.29) is 11.9 Å². The first kappa shape index (κ1) is 14.3. The predicted octanol–water partition coefficient (Wildman–Crippen LogP) is 3.41. The van der Waals surface area contributed by atoms with Crippen molar-refractivity contribution < 1.29 is 9.21 Å². The Labute approximate surface area is 138 Å². The van der Waals surface area contributed by atoms with E-state index < -0.39 is 0 Å². The minimum Gasteiger partial charge on any atom is -0.463 e. The van der Waals surface area contributed by atoms with Crippen LogP contribution in [0.5, 0.6) is 0 Å². The summed E-state index contributed by atoms with van der Waals surface area (Å²) < 4.78 is 6.38. The molecule has 4 heterocycles. The number of fused-ring (bicyclic) bond motifs is 5. The number of hydrogen-bond acceptors (Lipinski definition) is 3. The normalized spacial score (nSPS) is 27.8. The minimum absolute atomic E-state index is 0.00178. The largest absolute Gasteiger partial charge is 0.463 e. The fourth-order valence-corrected chi connectivity index (χ4v) is 4.12. The van der Waals surface area contributed by atoms with Gasteiger partial charge in [0.2, 0.25) is 0 Å². The lowest BCUT2D eigenvalue weighted by molar-refractivity contribution is 0.0929. The fourth-order valence-electron chi connectivity index (χ4n) is 3.70. The van der Waals surface area contributed by atoms with E-state index in [0.29, 0.717) is 5.56 Å². The summed E-state index contributed by atoms with van der Waals surface area (Å²) in [5.41, 5.74) is 1.41. The van der Waals surface area contributed by atoms with Crippen LogP contribution in [0.4, 0.5) is 0 Å². The van der Waals surface area contributed by atoms with Gasteiger partial charge >= 0.3 is 0 Å². The van der Waals surface area contributed by atoms with Crippen LogP contribution < -0.4 is 5.32 Å². The van der Waals surface area contributed by atoms with Gasteiger partial charge in [0.15, 0.2) is 0 Å². The van der Waals surface area contributed by atoms with Gasteiger partial charge in [-0.1, -0.05) is 0 Å². The van der Waals surface area contributed by atoms with Crippen LogP contribution in [0.1, 0.15) is 29.6 Å². The van der Waals surface area contributed by atoms with E-state index in [1.807, 2.05) is 18.2 Å². The standard InChI is InChI=1S/C17H19BrN2O2/c18-15-10-22-16-8-12(1-2-14(15)16)17(21)19-13-7-11-3-5-20(9-13)6-4-11/h1-2,8,10-11,13H,3-7,9H2,(H,19,21). The van der Waals surface area contributed by atoms with Gasteiger partial charge in [0.25, 0.3) is 5.91 Å². The maximum absolute atomic E-state index is 12.5. The molecule has 1 aromatic heterocycles. The van der Waals surface area contributed by atoms with E-state index in [9.17, 15) is 4.79 Å². The van der Waals surface area contributed by atoms with Gasteiger partial charge in [-0.25, -0.2) is 0 Å². The summed E-state index contributed by atoms with van der Waals surface area (Å²) in [7, 11) is 0. The fraction of sp³-hybridized carbons (Fsp3) is 0.471. The summed E-state index contributed by atoms with van der Waals surface area (Å²) in [5, 5.41) is 4.21. The summed E-state index contributed by atoms with van der Waals surface area (Å²) in [6, 6.07) is 5.88. The number of carbonyl (C=O) groups is 1. The minimum atomic E-state index is 0.00178. The number of hydrogen-bond donors (Lipinski definition) is 1. The number of carbonyl (C=O) groups excluding carboxylic acids is 1. The number of nitrogens with one attached hydrogen (secondary N) is 1. The van der Waals surface area contributed by atoms with E-state index in [4.69, 9.17) is 4.42 Å². The maximum atomic E-state index is 12.5. The molecule has 2 aromatic rings. The highest BCUT2D eigenvalue weighted by molar-refractivity contribution is 9.10. The number of furan rings is 1. The van der Waals surface area contributed by atoms with E-state index in [1.54, 1.807) is 6.26 Å². The van der Waals surface area contributed by atoms with Crippen molar-refractivity contribution in [3.8, 4) is 0 Å². The van der Waals surface area contributed by atoms with Crippen molar-refractivity contribution in [1.29, 1.82) is 0 Å². The summed E-state index contributed by atoms with van der Waals surface area (Å²) in [5.74, 6) is 0.773. The molecule has 1 amide bonds. The van der Waals surface area contributed by atoms with E-state index >= 15 is 0 Å². The van der Waals surface area contributed by atoms with Crippen molar-refractivity contribution in [3.05, 3.63) is 34.5 Å². The number of piperidine rings is 1. The summed E-state index contributed by atoms with van der Waals surface area (Å²) >= 11 is 3.44. The molecule has 1 aromatic carbocycles. The Morgan fingerprint density at radius 3 is 2.95 bits per heavy atom. The van der Waals surface area contributed by atoms with Gasteiger partial charge in [-0.2, -0.15) is 0 Å². The monoisotopic (exact) mass is 362 g/mol. The Hall–Kier alpha value is -1.33. The lowest BCUT2D eigenvalue weighted by atomic mass is 9.94. The first-order valence-corrected chi connectivity index (χ1v) is 8.68. The summed E-state index contributed by atoms with van der Waals surface area (Å²) in [4.78, 5) is 15.0. The summed E-state index contributed by atoms with van der Waals surface area (Å²) in [6.07, 6.45) is 5.32. The number of rotatable bonds is 2. The van der Waals surface area contributed by atoms with Crippen LogP contribution in [0.3, 0.4) is 0 Å². The molecule has 1 atom stereocenters. The smallest absolute Gasteiger partial charge is 0.251 e. The zero-order valence-corrected chi connectivity index (χ0v) is 13.9. The molecule has 3 saturated heterocycles. The zero-order valence-electron chi connectivity index (χ0n) is 12.3. The van der Waals surface area contributed by atoms with Crippen molar-refractivity contribution >= 4 is 32.8 Å². The molecule has 3 aliphatic rings. The topological polar surface area (TPSA) is 45.5 Å². The Balaban J connectivity index is 1.50. The van der Waals surface area contributed by atoms with Crippen molar-refractivity contribution in [1.82, 2.24) is 10.2 Å². The third-order valence-electron chi connectivity index (χ3n) is 4.93. The van der Waals surface area contributed by atoms with Gasteiger partial charge in [0.05, 0.1) is 4.47 Å². The highest BCUT2D eigenvalue weighted by Crippen LogP contribution is 2.28. The van der Waals surface area contributed by atoms with Gasteiger partial charge in [-0.05, 0) is 72.4 Å². The second-order valence-electron chi connectivity index (χ2n) is 6.44. The SMILES string of the molecule is O=C(NC1CC2CCN(CC2)C1)c1ccc2c(Br)coc2c1. The lowest BCUT2D eigenvalue weighted by Crippen LogP contribution is -2.41. The molecule has 4 nitrogen and oxygen atoms in total. The van der Waals surface area contributed by atoms with Crippen molar-refractivity contribution in [3.63, 3.8) is 0 Å². The van der Waals surface area contributed by atoms with Gasteiger partial charge in [-0.3, -0.25) is 4.79 Å². The van der Waals surface area contributed by atoms with Gasteiger partial charge < -0.3 is 14.6 Å². The molecule has 22 heavy (non-hydrogen) atoms. The summed E-state index contributed by atoms with van der Waals surface area (Å²) in [6.45, 7) is 3.35. The molecule has 1 unspecified atom stereocenters. The second kappa shape index (κ2) is 5.70. The number of benzene rings is 1. The van der Waals surface area contributed by atoms with Crippen LogP contribution in [0.15, 0.2) is 33.4 Å². The first-order chi connectivity index (χ1) is 10.7. The molecule has 5 rings (SSSR count). The highest BCUT2D eigenvalue weighted by Gasteiger charge is 2.29. The molecule has 5 heteroatoms. The molecule has 116 valence electrons. The van der Waals surface area contributed by atoms with Gasteiger partial charge in [0.1, 0.15) is 11.8 Å². The molecule has 0 spiro atoms. The molecule has 0 radical (unpaired) electrons. The van der Waals surface area contributed by atoms with E-state index in [1.165, 1.54) is 25.9 Å². The average molecular weight is 363 g/mol.